The summed E-state index contributed by atoms with van der Waals surface area (Å²) in [6, 6.07) is 12.7. The molecule has 192 valence electrons. The van der Waals surface area contributed by atoms with Gasteiger partial charge < -0.3 is 10.1 Å². The number of alkyl halides is 3. The van der Waals surface area contributed by atoms with E-state index in [9.17, 15) is 18.0 Å². The third kappa shape index (κ3) is 6.85. The third-order valence-electron chi connectivity index (χ3n) is 5.07. The molecule has 0 aliphatic carbocycles. The summed E-state index contributed by atoms with van der Waals surface area (Å²) < 4.78 is 43.0. The molecule has 4 rings (SSSR count). The summed E-state index contributed by atoms with van der Waals surface area (Å²) in [6.45, 7) is 7.57. The molecule has 0 spiro atoms. The number of rotatable bonds is 7. The van der Waals surface area contributed by atoms with Crippen LogP contribution in [0.3, 0.4) is 0 Å². The Hall–Kier alpha value is -3.93. The monoisotopic (exact) mass is 528 g/mol. The van der Waals surface area contributed by atoms with Gasteiger partial charge in [-0.05, 0) is 81.3 Å². The Bertz CT molecular complexity index is 1400. The number of ether oxygens (including phenoxy) is 1. The van der Waals surface area contributed by atoms with Crippen LogP contribution < -0.4 is 10.1 Å². The van der Waals surface area contributed by atoms with Crippen molar-refractivity contribution in [3.8, 4) is 11.4 Å². The number of benzene rings is 2. The number of nitrogens with one attached hydrogen (secondary N) is 1. The average molecular weight is 529 g/mol. The van der Waals surface area contributed by atoms with Crippen LogP contribution >= 0.6 is 11.8 Å². The summed E-state index contributed by atoms with van der Waals surface area (Å²) in [4.78, 5) is 22.1. The van der Waals surface area contributed by atoms with Gasteiger partial charge in [-0.2, -0.15) is 0 Å². The number of anilines is 1. The molecule has 0 bridgehead atoms. The van der Waals surface area contributed by atoms with Crippen LogP contribution in [-0.4, -0.2) is 37.2 Å². The molecule has 0 fully saturated rings. The van der Waals surface area contributed by atoms with Gasteiger partial charge in [0.2, 0.25) is 0 Å². The van der Waals surface area contributed by atoms with Crippen molar-refractivity contribution >= 4 is 23.4 Å². The maximum atomic E-state index is 13.2. The highest BCUT2D eigenvalue weighted by Crippen LogP contribution is 2.27. The number of aryl methyl sites for hydroxylation is 4. The quantitative estimate of drug-likeness (QED) is 0.242. The van der Waals surface area contributed by atoms with Gasteiger partial charge in [0, 0.05) is 22.8 Å². The topological polar surface area (TPSA) is 94.8 Å². The lowest BCUT2D eigenvalue weighted by molar-refractivity contribution is -0.274. The third-order valence-corrected chi connectivity index (χ3v) is 5.93. The highest BCUT2D eigenvalue weighted by atomic mass is 32.2. The van der Waals surface area contributed by atoms with E-state index < -0.39 is 12.3 Å². The number of amides is 1. The van der Waals surface area contributed by atoms with Crippen LogP contribution in [0, 0.1) is 27.7 Å². The van der Waals surface area contributed by atoms with Crippen molar-refractivity contribution in [1.29, 1.82) is 0 Å². The molecule has 0 atom stereocenters. The van der Waals surface area contributed by atoms with Gasteiger partial charge in [-0.15, -0.1) is 18.3 Å². The predicted octanol–water partition coefficient (Wildman–Crippen LogP) is 5.73. The maximum Gasteiger partial charge on any atom is 0.573 e. The molecule has 0 saturated heterocycles. The molecule has 0 saturated carbocycles. The SMILES string of the molecule is Cc1cc(C)cc(NC(=O)c2nnn(-c3ccc(OC(F)(F)F)cc3)c2CSc2nc(C)cc(C)n2)c1. The van der Waals surface area contributed by atoms with E-state index in [4.69, 9.17) is 0 Å². The van der Waals surface area contributed by atoms with Gasteiger partial charge in [0.05, 0.1) is 11.4 Å². The number of nitrogens with zero attached hydrogens (tertiary/aromatic N) is 5. The van der Waals surface area contributed by atoms with E-state index in [0.717, 1.165) is 22.5 Å². The number of halogens is 3. The molecule has 2 aromatic heterocycles. The van der Waals surface area contributed by atoms with Gasteiger partial charge in [0.1, 0.15) is 5.75 Å². The van der Waals surface area contributed by atoms with Crippen molar-refractivity contribution in [2.75, 3.05) is 5.32 Å². The fourth-order valence-corrected chi connectivity index (χ4v) is 4.67. The summed E-state index contributed by atoms with van der Waals surface area (Å²) in [7, 11) is 0. The second-order valence-corrected chi connectivity index (χ2v) is 9.33. The van der Waals surface area contributed by atoms with E-state index in [1.807, 2.05) is 52.0 Å². The summed E-state index contributed by atoms with van der Waals surface area (Å²) in [5.74, 6) is -0.610. The van der Waals surface area contributed by atoms with Gasteiger partial charge in [0.15, 0.2) is 10.9 Å². The molecular weight excluding hydrogens is 505 g/mol. The minimum atomic E-state index is -4.80. The van der Waals surface area contributed by atoms with Gasteiger partial charge in [-0.1, -0.05) is 23.0 Å². The van der Waals surface area contributed by atoms with Crippen LogP contribution in [0.2, 0.25) is 0 Å². The minimum absolute atomic E-state index is 0.0756. The Morgan fingerprint density at radius 3 is 2.19 bits per heavy atom. The Kier molecular flexibility index (Phi) is 7.48. The van der Waals surface area contributed by atoms with E-state index in [1.54, 1.807) is 0 Å². The zero-order chi connectivity index (χ0) is 26.7. The van der Waals surface area contributed by atoms with Crippen LogP contribution in [-0.2, 0) is 5.75 Å². The van der Waals surface area contributed by atoms with E-state index in [0.29, 0.717) is 22.2 Å². The normalized spacial score (nSPS) is 11.4. The predicted molar refractivity (Wildman–Crippen MR) is 133 cm³/mol. The summed E-state index contributed by atoms with van der Waals surface area (Å²) in [5.41, 5.74) is 5.10. The zero-order valence-electron chi connectivity index (χ0n) is 20.4. The van der Waals surface area contributed by atoms with Crippen LogP contribution in [0.4, 0.5) is 18.9 Å². The Balaban J connectivity index is 1.67. The molecule has 0 unspecified atom stereocenters. The van der Waals surface area contributed by atoms with Crippen molar-refractivity contribution in [3.05, 3.63) is 82.4 Å². The standard InChI is InChI=1S/C25H23F3N6O2S/c1-14-9-15(2)11-18(10-14)31-23(35)22-21(13-37-24-29-16(3)12-17(4)30-24)34(33-32-22)19-5-7-20(8-6-19)36-25(26,27)28/h5-12H,13H2,1-4H3,(H,31,35). The smallest absolute Gasteiger partial charge is 0.406 e. The van der Waals surface area contributed by atoms with E-state index in [-0.39, 0.29) is 17.2 Å². The summed E-state index contributed by atoms with van der Waals surface area (Å²) in [5, 5.41) is 11.6. The fourth-order valence-electron chi connectivity index (χ4n) is 3.73. The molecule has 0 radical (unpaired) electrons. The molecule has 8 nitrogen and oxygen atoms in total. The van der Waals surface area contributed by atoms with Gasteiger partial charge >= 0.3 is 6.36 Å². The largest absolute Gasteiger partial charge is 0.573 e. The molecule has 4 aromatic rings. The zero-order valence-corrected chi connectivity index (χ0v) is 21.2. The first kappa shape index (κ1) is 26.1. The maximum absolute atomic E-state index is 13.2. The minimum Gasteiger partial charge on any atom is -0.406 e. The van der Waals surface area contributed by atoms with Crippen molar-refractivity contribution in [2.45, 2.75) is 45.0 Å². The molecule has 37 heavy (non-hydrogen) atoms. The molecule has 1 amide bonds. The van der Waals surface area contributed by atoms with E-state index >= 15 is 0 Å². The number of hydrogen-bond donors (Lipinski definition) is 1. The molecule has 12 heteroatoms. The first-order valence-electron chi connectivity index (χ1n) is 11.1. The number of carbonyl (C=O) groups excluding carboxylic acids is 1. The molecule has 0 aliphatic rings. The molecule has 2 heterocycles. The van der Waals surface area contributed by atoms with E-state index in [1.165, 1.54) is 40.7 Å². The van der Waals surface area contributed by atoms with Crippen LogP contribution in [0.15, 0.2) is 53.7 Å². The Morgan fingerprint density at radius 1 is 0.973 bits per heavy atom. The Morgan fingerprint density at radius 2 is 1.59 bits per heavy atom. The summed E-state index contributed by atoms with van der Waals surface area (Å²) >= 11 is 1.29. The lowest BCUT2D eigenvalue weighted by Gasteiger charge is -2.11. The highest BCUT2D eigenvalue weighted by Gasteiger charge is 2.31. The van der Waals surface area contributed by atoms with Gasteiger partial charge in [0.25, 0.3) is 5.91 Å². The number of hydrogen-bond acceptors (Lipinski definition) is 7. The summed E-state index contributed by atoms with van der Waals surface area (Å²) in [6.07, 6.45) is -4.80. The molecular formula is C25H23F3N6O2S. The number of aromatic nitrogens is 5. The van der Waals surface area contributed by atoms with Crippen molar-refractivity contribution in [1.82, 2.24) is 25.0 Å². The van der Waals surface area contributed by atoms with Crippen LogP contribution in [0.5, 0.6) is 5.75 Å². The Labute approximate surface area is 215 Å². The van der Waals surface area contributed by atoms with Crippen LogP contribution in [0.1, 0.15) is 38.7 Å². The lowest BCUT2D eigenvalue weighted by atomic mass is 10.1. The average Bonchev–Trinajstić information content (AvgIpc) is 3.20. The number of thioether (sulfide) groups is 1. The second-order valence-electron chi connectivity index (χ2n) is 8.39. The van der Waals surface area contributed by atoms with Crippen molar-refractivity contribution in [3.63, 3.8) is 0 Å². The van der Waals surface area contributed by atoms with Gasteiger partial charge in [-0.25, -0.2) is 14.6 Å². The second kappa shape index (κ2) is 10.6. The van der Waals surface area contributed by atoms with Crippen LogP contribution in [0.25, 0.3) is 5.69 Å². The fraction of sp³-hybridized carbons (Fsp3) is 0.240. The molecule has 0 aliphatic heterocycles. The first-order chi connectivity index (χ1) is 17.5. The van der Waals surface area contributed by atoms with Crippen molar-refractivity contribution < 1.29 is 22.7 Å². The lowest BCUT2D eigenvalue weighted by Crippen LogP contribution is -2.17. The van der Waals surface area contributed by atoms with Gasteiger partial charge in [-0.3, -0.25) is 4.79 Å². The molecule has 2 aromatic carbocycles. The highest BCUT2D eigenvalue weighted by molar-refractivity contribution is 7.98. The number of carbonyl (C=O) groups is 1. The van der Waals surface area contributed by atoms with E-state index in [2.05, 4.69) is 30.3 Å². The molecule has 1 N–H and O–H groups in total. The first-order valence-corrected chi connectivity index (χ1v) is 12.1. The van der Waals surface area contributed by atoms with Crippen molar-refractivity contribution in [2.24, 2.45) is 0 Å².